The van der Waals surface area contributed by atoms with E-state index >= 15 is 0 Å². The predicted molar refractivity (Wildman–Crippen MR) is 55.8 cm³/mol. The van der Waals surface area contributed by atoms with E-state index in [1.165, 1.54) is 19.5 Å². The molecule has 1 aliphatic rings. The SMILES string of the molecule is C=CCOC1CCN(CC(C)C)C1. The summed E-state index contributed by atoms with van der Waals surface area (Å²) in [5, 5.41) is 0. The number of likely N-dealkylation sites (tertiary alicyclic amines) is 1. The van der Waals surface area contributed by atoms with Crippen molar-refractivity contribution in [3.8, 4) is 0 Å². The third-order valence-electron chi connectivity index (χ3n) is 2.30. The van der Waals surface area contributed by atoms with Gasteiger partial charge >= 0.3 is 0 Å². The lowest BCUT2D eigenvalue weighted by atomic mass is 10.2. The first-order valence-electron chi connectivity index (χ1n) is 5.17. The molecule has 1 fully saturated rings. The molecule has 0 aliphatic carbocycles. The molecule has 1 unspecified atom stereocenters. The summed E-state index contributed by atoms with van der Waals surface area (Å²) in [6, 6.07) is 0. The van der Waals surface area contributed by atoms with Crippen LogP contribution in [0.4, 0.5) is 0 Å². The second kappa shape index (κ2) is 5.40. The molecule has 1 heterocycles. The van der Waals surface area contributed by atoms with Crippen molar-refractivity contribution < 1.29 is 4.74 Å². The monoisotopic (exact) mass is 183 g/mol. The minimum atomic E-state index is 0.441. The zero-order chi connectivity index (χ0) is 9.68. The van der Waals surface area contributed by atoms with Gasteiger partial charge < -0.3 is 9.64 Å². The first kappa shape index (κ1) is 10.7. The Bertz CT molecular complexity index is 156. The Morgan fingerprint density at radius 3 is 3.00 bits per heavy atom. The maximum absolute atomic E-state index is 5.60. The van der Waals surface area contributed by atoms with Crippen LogP contribution in [0.1, 0.15) is 20.3 Å². The van der Waals surface area contributed by atoms with Crippen LogP contribution in [0.15, 0.2) is 12.7 Å². The molecule has 0 saturated carbocycles. The van der Waals surface area contributed by atoms with Crippen molar-refractivity contribution in [3.63, 3.8) is 0 Å². The number of nitrogens with zero attached hydrogens (tertiary/aromatic N) is 1. The van der Waals surface area contributed by atoms with Crippen molar-refractivity contribution in [1.82, 2.24) is 4.90 Å². The molecular formula is C11H21NO. The molecule has 1 saturated heterocycles. The average Bonchev–Trinajstić information content (AvgIpc) is 2.48. The molecule has 0 amide bonds. The second-order valence-electron chi connectivity index (χ2n) is 4.19. The van der Waals surface area contributed by atoms with Crippen molar-refractivity contribution in [1.29, 1.82) is 0 Å². The van der Waals surface area contributed by atoms with Crippen molar-refractivity contribution in [2.24, 2.45) is 5.92 Å². The van der Waals surface area contributed by atoms with Crippen LogP contribution in [-0.2, 0) is 4.74 Å². The molecule has 13 heavy (non-hydrogen) atoms. The molecule has 0 radical (unpaired) electrons. The van der Waals surface area contributed by atoms with Crippen LogP contribution in [0.25, 0.3) is 0 Å². The minimum Gasteiger partial charge on any atom is -0.373 e. The van der Waals surface area contributed by atoms with E-state index in [2.05, 4.69) is 25.3 Å². The van der Waals surface area contributed by atoms with Crippen LogP contribution in [0.5, 0.6) is 0 Å². The highest BCUT2D eigenvalue weighted by atomic mass is 16.5. The lowest BCUT2D eigenvalue weighted by molar-refractivity contribution is 0.0791. The van der Waals surface area contributed by atoms with E-state index in [1.807, 2.05) is 6.08 Å². The zero-order valence-electron chi connectivity index (χ0n) is 8.83. The first-order valence-corrected chi connectivity index (χ1v) is 5.17. The van der Waals surface area contributed by atoms with E-state index in [0.29, 0.717) is 12.7 Å². The third-order valence-corrected chi connectivity index (χ3v) is 2.30. The topological polar surface area (TPSA) is 12.5 Å². The fourth-order valence-corrected chi connectivity index (χ4v) is 1.82. The number of rotatable bonds is 5. The molecule has 76 valence electrons. The van der Waals surface area contributed by atoms with Gasteiger partial charge in [-0.25, -0.2) is 0 Å². The summed E-state index contributed by atoms with van der Waals surface area (Å²) in [6.45, 7) is 12.4. The lowest BCUT2D eigenvalue weighted by Crippen LogP contribution is -2.27. The van der Waals surface area contributed by atoms with E-state index in [0.717, 1.165) is 12.5 Å². The standard InChI is InChI=1S/C11H21NO/c1-4-7-13-11-5-6-12(9-11)8-10(2)3/h4,10-11H,1,5-9H2,2-3H3. The van der Waals surface area contributed by atoms with Gasteiger partial charge in [-0.15, -0.1) is 6.58 Å². The molecule has 0 bridgehead atoms. The Balaban J connectivity index is 2.16. The Hall–Kier alpha value is -0.340. The fraction of sp³-hybridized carbons (Fsp3) is 0.818. The summed E-state index contributed by atoms with van der Waals surface area (Å²) < 4.78 is 5.60. The van der Waals surface area contributed by atoms with Gasteiger partial charge in [-0.3, -0.25) is 0 Å². The van der Waals surface area contributed by atoms with Gasteiger partial charge in [0.1, 0.15) is 0 Å². The highest BCUT2D eigenvalue weighted by molar-refractivity contribution is 4.78. The van der Waals surface area contributed by atoms with Crippen molar-refractivity contribution >= 4 is 0 Å². The van der Waals surface area contributed by atoms with Crippen LogP contribution in [-0.4, -0.2) is 37.2 Å². The first-order chi connectivity index (χ1) is 6.22. The molecule has 0 N–H and O–H groups in total. The molecule has 1 aliphatic heterocycles. The summed E-state index contributed by atoms with van der Waals surface area (Å²) in [7, 11) is 0. The summed E-state index contributed by atoms with van der Waals surface area (Å²) in [6.07, 6.45) is 3.45. The zero-order valence-corrected chi connectivity index (χ0v) is 8.83. The third kappa shape index (κ3) is 3.92. The molecule has 2 heteroatoms. The van der Waals surface area contributed by atoms with Crippen molar-refractivity contribution in [2.45, 2.75) is 26.4 Å². The van der Waals surface area contributed by atoms with E-state index in [9.17, 15) is 0 Å². The van der Waals surface area contributed by atoms with Crippen molar-refractivity contribution in [2.75, 3.05) is 26.2 Å². The van der Waals surface area contributed by atoms with Crippen LogP contribution in [0.2, 0.25) is 0 Å². The van der Waals surface area contributed by atoms with Crippen LogP contribution >= 0.6 is 0 Å². The van der Waals surface area contributed by atoms with Gasteiger partial charge in [0.05, 0.1) is 12.7 Å². The van der Waals surface area contributed by atoms with Gasteiger partial charge in [0.2, 0.25) is 0 Å². The largest absolute Gasteiger partial charge is 0.373 e. The Morgan fingerprint density at radius 1 is 1.62 bits per heavy atom. The molecule has 0 aromatic carbocycles. The Kier molecular flexibility index (Phi) is 4.46. The van der Waals surface area contributed by atoms with Crippen molar-refractivity contribution in [3.05, 3.63) is 12.7 Å². The summed E-state index contributed by atoms with van der Waals surface area (Å²) in [5.41, 5.74) is 0. The smallest absolute Gasteiger partial charge is 0.0718 e. The van der Waals surface area contributed by atoms with Crippen LogP contribution in [0, 0.1) is 5.92 Å². The van der Waals surface area contributed by atoms with Gasteiger partial charge in [-0.05, 0) is 12.3 Å². The maximum Gasteiger partial charge on any atom is 0.0718 e. The van der Waals surface area contributed by atoms with E-state index in [4.69, 9.17) is 4.74 Å². The molecule has 1 atom stereocenters. The normalized spacial score (nSPS) is 24.1. The number of hydrogen-bond acceptors (Lipinski definition) is 2. The summed E-state index contributed by atoms with van der Waals surface area (Å²) in [5.74, 6) is 0.762. The second-order valence-corrected chi connectivity index (χ2v) is 4.19. The Labute approximate surface area is 81.6 Å². The van der Waals surface area contributed by atoms with Gasteiger partial charge in [-0.1, -0.05) is 19.9 Å². The number of hydrogen-bond donors (Lipinski definition) is 0. The molecular weight excluding hydrogens is 162 g/mol. The molecule has 1 rings (SSSR count). The number of ether oxygens (including phenoxy) is 1. The minimum absolute atomic E-state index is 0.441. The van der Waals surface area contributed by atoms with Gasteiger partial charge in [0.25, 0.3) is 0 Å². The molecule has 0 aromatic heterocycles. The van der Waals surface area contributed by atoms with E-state index < -0.39 is 0 Å². The van der Waals surface area contributed by atoms with Crippen LogP contribution in [0.3, 0.4) is 0 Å². The molecule has 0 spiro atoms. The maximum atomic E-state index is 5.60. The fourth-order valence-electron chi connectivity index (χ4n) is 1.82. The van der Waals surface area contributed by atoms with Gasteiger partial charge in [0.15, 0.2) is 0 Å². The molecule has 2 nitrogen and oxygen atoms in total. The summed E-state index contributed by atoms with van der Waals surface area (Å²) >= 11 is 0. The van der Waals surface area contributed by atoms with E-state index in [-0.39, 0.29) is 0 Å². The van der Waals surface area contributed by atoms with Gasteiger partial charge in [0, 0.05) is 19.6 Å². The molecule has 0 aromatic rings. The van der Waals surface area contributed by atoms with Crippen LogP contribution < -0.4 is 0 Å². The van der Waals surface area contributed by atoms with Gasteiger partial charge in [-0.2, -0.15) is 0 Å². The Morgan fingerprint density at radius 2 is 2.38 bits per heavy atom. The highest BCUT2D eigenvalue weighted by Gasteiger charge is 2.22. The van der Waals surface area contributed by atoms with E-state index in [1.54, 1.807) is 0 Å². The predicted octanol–water partition coefficient (Wildman–Crippen LogP) is 1.92. The lowest BCUT2D eigenvalue weighted by Gasteiger charge is -2.17. The summed E-state index contributed by atoms with van der Waals surface area (Å²) in [4.78, 5) is 2.48. The average molecular weight is 183 g/mol. The highest BCUT2D eigenvalue weighted by Crippen LogP contribution is 2.13. The quantitative estimate of drug-likeness (QED) is 0.604.